The minimum absolute atomic E-state index is 0.699. The summed E-state index contributed by atoms with van der Waals surface area (Å²) >= 11 is 7.53. The van der Waals surface area contributed by atoms with Crippen LogP contribution in [0.5, 0.6) is 0 Å². The lowest BCUT2D eigenvalue weighted by atomic mass is 9.99. The van der Waals surface area contributed by atoms with E-state index in [0.29, 0.717) is 5.92 Å². The first kappa shape index (κ1) is 15.9. The molecule has 0 saturated carbocycles. The molecule has 2 aromatic heterocycles. The largest absolute Gasteiger partial charge is 0.360 e. The minimum Gasteiger partial charge on any atom is -0.360 e. The number of halogens is 1. The Hall–Kier alpha value is -1.63. The van der Waals surface area contributed by atoms with Gasteiger partial charge in [-0.15, -0.1) is 5.10 Å². The molecule has 3 heterocycles. The van der Waals surface area contributed by atoms with E-state index in [1.807, 2.05) is 35.0 Å². The Labute approximate surface area is 150 Å². The third-order valence-corrected chi connectivity index (χ3v) is 5.58. The molecule has 0 spiro atoms. The molecule has 1 unspecified atom stereocenters. The summed E-state index contributed by atoms with van der Waals surface area (Å²) in [5.74, 6) is 0.699. The fourth-order valence-corrected chi connectivity index (χ4v) is 4.12. The van der Waals surface area contributed by atoms with Crippen molar-refractivity contribution in [2.24, 2.45) is 5.92 Å². The molecule has 1 aliphatic heterocycles. The number of anilines is 1. The standard InChI is InChI=1S/C17H20ClN5S/c1-22-8-2-3-12(10-22)9-19-16-21-23-11-15(20-17(23)24-16)13-4-6-14(18)7-5-13/h4-7,11-12H,2-3,8-10H2,1H3,(H,19,21). The predicted octanol–water partition coefficient (Wildman–Crippen LogP) is 3.86. The molecule has 0 amide bonds. The Morgan fingerprint density at radius 3 is 2.92 bits per heavy atom. The van der Waals surface area contributed by atoms with Crippen LogP contribution in [-0.4, -0.2) is 46.2 Å². The van der Waals surface area contributed by atoms with E-state index in [9.17, 15) is 0 Å². The maximum Gasteiger partial charge on any atom is 0.214 e. The van der Waals surface area contributed by atoms with Crippen molar-refractivity contribution in [3.05, 3.63) is 35.5 Å². The SMILES string of the molecule is CN1CCCC(CNc2nn3cc(-c4ccc(Cl)cc4)nc3s2)C1. The first-order valence-corrected chi connectivity index (χ1v) is 9.41. The summed E-state index contributed by atoms with van der Waals surface area (Å²) in [6, 6.07) is 7.72. The van der Waals surface area contributed by atoms with Crippen LogP contribution in [0.1, 0.15) is 12.8 Å². The summed E-state index contributed by atoms with van der Waals surface area (Å²) < 4.78 is 1.85. The number of hydrogen-bond donors (Lipinski definition) is 1. The second-order valence-electron chi connectivity index (χ2n) is 6.42. The van der Waals surface area contributed by atoms with Gasteiger partial charge in [0.1, 0.15) is 0 Å². The van der Waals surface area contributed by atoms with Gasteiger partial charge in [0.25, 0.3) is 0 Å². The quantitative estimate of drug-likeness (QED) is 0.766. The smallest absolute Gasteiger partial charge is 0.214 e. The molecule has 3 aromatic rings. The zero-order valence-corrected chi connectivity index (χ0v) is 15.1. The molecule has 7 heteroatoms. The summed E-state index contributed by atoms with van der Waals surface area (Å²) in [6.07, 6.45) is 4.55. The van der Waals surface area contributed by atoms with Gasteiger partial charge in [0.15, 0.2) is 0 Å². The van der Waals surface area contributed by atoms with Crippen molar-refractivity contribution in [2.75, 3.05) is 32.0 Å². The highest BCUT2D eigenvalue weighted by molar-refractivity contribution is 7.20. The molecule has 1 saturated heterocycles. The van der Waals surface area contributed by atoms with E-state index in [1.54, 1.807) is 11.3 Å². The summed E-state index contributed by atoms with van der Waals surface area (Å²) in [4.78, 5) is 7.98. The van der Waals surface area contributed by atoms with Crippen LogP contribution in [-0.2, 0) is 0 Å². The number of aromatic nitrogens is 3. The van der Waals surface area contributed by atoms with Crippen molar-refractivity contribution < 1.29 is 0 Å². The Kier molecular flexibility index (Phi) is 4.43. The van der Waals surface area contributed by atoms with Gasteiger partial charge in [-0.3, -0.25) is 0 Å². The van der Waals surface area contributed by atoms with Crippen molar-refractivity contribution in [1.29, 1.82) is 0 Å². The van der Waals surface area contributed by atoms with Crippen LogP contribution < -0.4 is 5.32 Å². The second-order valence-corrected chi connectivity index (χ2v) is 7.81. The number of benzene rings is 1. The fourth-order valence-electron chi connectivity index (χ4n) is 3.20. The lowest BCUT2D eigenvalue weighted by Gasteiger charge is -2.29. The molecule has 0 bridgehead atoms. The van der Waals surface area contributed by atoms with E-state index < -0.39 is 0 Å². The van der Waals surface area contributed by atoms with Crippen molar-refractivity contribution >= 4 is 33.0 Å². The Balaban J connectivity index is 1.44. The van der Waals surface area contributed by atoms with Crippen molar-refractivity contribution in [2.45, 2.75) is 12.8 Å². The van der Waals surface area contributed by atoms with Crippen molar-refractivity contribution in [1.82, 2.24) is 19.5 Å². The van der Waals surface area contributed by atoms with Gasteiger partial charge < -0.3 is 10.2 Å². The molecule has 1 aliphatic rings. The van der Waals surface area contributed by atoms with Gasteiger partial charge in [0.2, 0.25) is 10.1 Å². The van der Waals surface area contributed by atoms with Crippen LogP contribution in [0.2, 0.25) is 5.02 Å². The molecule has 1 aromatic carbocycles. The molecular weight excluding hydrogens is 342 g/mol. The third kappa shape index (κ3) is 3.41. The van der Waals surface area contributed by atoms with Gasteiger partial charge in [-0.1, -0.05) is 35.1 Å². The Bertz CT molecular complexity index is 794. The lowest BCUT2D eigenvalue weighted by molar-refractivity contribution is 0.217. The molecule has 1 fully saturated rings. The fraction of sp³-hybridized carbons (Fsp3) is 0.412. The number of fused-ring (bicyclic) bond motifs is 1. The van der Waals surface area contributed by atoms with Crippen LogP contribution in [0.25, 0.3) is 16.2 Å². The normalized spacial score (nSPS) is 19.0. The first-order chi connectivity index (χ1) is 11.7. The Morgan fingerprint density at radius 1 is 1.33 bits per heavy atom. The maximum absolute atomic E-state index is 5.94. The third-order valence-electron chi connectivity index (χ3n) is 4.45. The molecule has 0 radical (unpaired) electrons. The zero-order valence-electron chi connectivity index (χ0n) is 13.6. The minimum atomic E-state index is 0.699. The molecule has 1 N–H and O–H groups in total. The summed E-state index contributed by atoms with van der Waals surface area (Å²) in [7, 11) is 2.20. The van der Waals surface area contributed by atoms with Gasteiger partial charge in [-0.05, 0) is 44.5 Å². The van der Waals surface area contributed by atoms with Crippen LogP contribution >= 0.6 is 22.9 Å². The van der Waals surface area contributed by atoms with Crippen molar-refractivity contribution in [3.8, 4) is 11.3 Å². The van der Waals surface area contributed by atoms with Gasteiger partial charge in [-0.25, -0.2) is 9.50 Å². The number of nitrogens with zero attached hydrogens (tertiary/aromatic N) is 4. The number of imidazole rings is 1. The van der Waals surface area contributed by atoms with Crippen LogP contribution in [0.3, 0.4) is 0 Å². The molecule has 126 valence electrons. The predicted molar refractivity (Wildman–Crippen MR) is 100 cm³/mol. The highest BCUT2D eigenvalue weighted by Gasteiger charge is 2.17. The molecule has 5 nitrogen and oxygen atoms in total. The Morgan fingerprint density at radius 2 is 2.17 bits per heavy atom. The monoisotopic (exact) mass is 361 g/mol. The number of likely N-dealkylation sites (tertiary alicyclic amines) is 1. The first-order valence-electron chi connectivity index (χ1n) is 8.22. The summed E-state index contributed by atoms with van der Waals surface area (Å²) in [5, 5.41) is 9.75. The second kappa shape index (κ2) is 6.70. The molecule has 24 heavy (non-hydrogen) atoms. The maximum atomic E-state index is 5.94. The summed E-state index contributed by atoms with van der Waals surface area (Å²) in [6.45, 7) is 3.36. The lowest BCUT2D eigenvalue weighted by Crippen LogP contribution is -2.35. The van der Waals surface area contributed by atoms with Gasteiger partial charge in [0, 0.05) is 23.7 Å². The average molecular weight is 362 g/mol. The van der Waals surface area contributed by atoms with Crippen LogP contribution in [0.15, 0.2) is 30.5 Å². The molecular formula is C17H20ClN5S. The number of nitrogens with one attached hydrogen (secondary N) is 1. The van der Waals surface area contributed by atoms with Crippen LogP contribution in [0, 0.1) is 5.92 Å². The van der Waals surface area contributed by atoms with Gasteiger partial charge in [0.05, 0.1) is 11.9 Å². The van der Waals surface area contributed by atoms with Gasteiger partial charge >= 0.3 is 0 Å². The number of rotatable bonds is 4. The topological polar surface area (TPSA) is 45.5 Å². The van der Waals surface area contributed by atoms with E-state index in [0.717, 1.165) is 39.5 Å². The molecule has 0 aliphatic carbocycles. The van der Waals surface area contributed by atoms with E-state index in [-0.39, 0.29) is 0 Å². The molecule has 1 atom stereocenters. The summed E-state index contributed by atoms with van der Waals surface area (Å²) in [5.41, 5.74) is 1.97. The van der Waals surface area contributed by atoms with E-state index in [2.05, 4.69) is 27.3 Å². The zero-order chi connectivity index (χ0) is 16.5. The van der Waals surface area contributed by atoms with Gasteiger partial charge in [-0.2, -0.15) is 0 Å². The van der Waals surface area contributed by atoms with Crippen molar-refractivity contribution in [3.63, 3.8) is 0 Å². The van der Waals surface area contributed by atoms with E-state index in [4.69, 9.17) is 11.6 Å². The molecule has 4 rings (SSSR count). The number of hydrogen-bond acceptors (Lipinski definition) is 5. The average Bonchev–Trinajstić information content (AvgIpc) is 3.12. The number of piperidine rings is 1. The van der Waals surface area contributed by atoms with E-state index >= 15 is 0 Å². The van der Waals surface area contributed by atoms with Crippen LogP contribution in [0.4, 0.5) is 5.13 Å². The highest BCUT2D eigenvalue weighted by Crippen LogP contribution is 2.26. The highest BCUT2D eigenvalue weighted by atomic mass is 35.5. The van der Waals surface area contributed by atoms with E-state index in [1.165, 1.54) is 19.4 Å².